The predicted molar refractivity (Wildman–Crippen MR) is 90.1 cm³/mol. The molecule has 144 valence electrons. The van der Waals surface area contributed by atoms with Crippen LogP contribution in [0.4, 0.5) is 23.2 Å². The average molecular weight is 403 g/mol. The number of nitrogens with zero attached hydrogens (tertiary/aromatic N) is 1. The zero-order chi connectivity index (χ0) is 20.2. The fourth-order valence-corrected chi connectivity index (χ4v) is 2.47. The second-order valence-corrected chi connectivity index (χ2v) is 6.91. The molecule has 0 aromatic heterocycles. The number of sulfonamides is 1. The number of carbonyl (C=O) groups is 1. The summed E-state index contributed by atoms with van der Waals surface area (Å²) < 4.78 is 73.1. The number of hydrogen-bond donors (Lipinski definition) is 2. The summed E-state index contributed by atoms with van der Waals surface area (Å²) >= 11 is 0. The number of rotatable bonds is 6. The van der Waals surface area contributed by atoms with Crippen LogP contribution < -0.4 is 10.6 Å². The predicted octanol–water partition coefficient (Wildman–Crippen LogP) is 2.81. The zero-order valence-corrected chi connectivity index (χ0v) is 14.3. The van der Waals surface area contributed by atoms with Gasteiger partial charge in [-0.1, -0.05) is 12.1 Å². The molecule has 27 heavy (non-hydrogen) atoms. The van der Waals surface area contributed by atoms with Crippen LogP contribution in [-0.2, 0) is 14.8 Å². The third-order valence-corrected chi connectivity index (χ3v) is 4.25. The number of nitrogens with one attached hydrogen (secondary N) is 1. The molecule has 0 heterocycles. The monoisotopic (exact) mass is 403 g/mol. The first-order valence-corrected chi connectivity index (χ1v) is 8.83. The van der Waals surface area contributed by atoms with Crippen LogP contribution in [0, 0.1) is 5.82 Å². The Balaban J connectivity index is 2.29. The first-order valence-electron chi connectivity index (χ1n) is 7.28. The number of anilines is 1. The molecule has 0 unspecified atom stereocenters. The van der Waals surface area contributed by atoms with Crippen molar-refractivity contribution in [1.29, 1.82) is 0 Å². The number of alkyl halides is 3. The van der Waals surface area contributed by atoms with E-state index in [0.717, 1.165) is 12.1 Å². The standard InChI is InChI=1S/C16H13F4N3O3S/c17-11-3-1-10(2-4-11)14(9-15(24)16(18,19)20)23-22-12-5-7-13(8-6-12)27(21,25)26/h1-8,22H,9H2,(H2,21,25,26)/b23-14-. The Morgan fingerprint density at radius 2 is 1.59 bits per heavy atom. The van der Waals surface area contributed by atoms with E-state index in [4.69, 9.17) is 5.14 Å². The molecule has 0 bridgehead atoms. The molecule has 0 aliphatic heterocycles. The van der Waals surface area contributed by atoms with Gasteiger partial charge in [-0.25, -0.2) is 17.9 Å². The van der Waals surface area contributed by atoms with Gasteiger partial charge < -0.3 is 0 Å². The lowest BCUT2D eigenvalue weighted by Crippen LogP contribution is -2.26. The van der Waals surface area contributed by atoms with Gasteiger partial charge in [0.1, 0.15) is 5.82 Å². The molecule has 3 N–H and O–H groups in total. The number of halogens is 4. The SMILES string of the molecule is NS(=O)(=O)c1ccc(N/N=C(/CC(=O)C(F)(F)F)c2ccc(F)cc2)cc1. The number of hydrogen-bond acceptors (Lipinski definition) is 5. The fourth-order valence-electron chi connectivity index (χ4n) is 1.95. The van der Waals surface area contributed by atoms with Crippen LogP contribution >= 0.6 is 0 Å². The van der Waals surface area contributed by atoms with Gasteiger partial charge >= 0.3 is 6.18 Å². The highest BCUT2D eigenvalue weighted by molar-refractivity contribution is 7.89. The van der Waals surface area contributed by atoms with Crippen molar-refractivity contribution in [2.24, 2.45) is 10.2 Å². The van der Waals surface area contributed by atoms with E-state index in [1.807, 2.05) is 0 Å². The van der Waals surface area contributed by atoms with Crippen molar-refractivity contribution in [3.63, 3.8) is 0 Å². The van der Waals surface area contributed by atoms with E-state index in [-0.39, 0.29) is 21.9 Å². The largest absolute Gasteiger partial charge is 0.450 e. The highest BCUT2D eigenvalue weighted by Gasteiger charge is 2.38. The summed E-state index contributed by atoms with van der Waals surface area (Å²) in [4.78, 5) is 11.1. The van der Waals surface area contributed by atoms with Crippen LogP contribution in [0.1, 0.15) is 12.0 Å². The van der Waals surface area contributed by atoms with Crippen molar-refractivity contribution in [1.82, 2.24) is 0 Å². The van der Waals surface area contributed by atoms with Crippen molar-refractivity contribution < 1.29 is 30.8 Å². The molecular formula is C16H13F4N3O3S. The van der Waals surface area contributed by atoms with Gasteiger partial charge in [0.15, 0.2) is 0 Å². The highest BCUT2D eigenvalue weighted by atomic mass is 32.2. The Kier molecular flexibility index (Phi) is 5.96. The lowest BCUT2D eigenvalue weighted by atomic mass is 10.0. The van der Waals surface area contributed by atoms with Gasteiger partial charge in [-0.3, -0.25) is 10.2 Å². The van der Waals surface area contributed by atoms with Gasteiger partial charge in [-0.2, -0.15) is 18.3 Å². The summed E-state index contributed by atoms with van der Waals surface area (Å²) in [5.74, 6) is -2.62. The van der Waals surface area contributed by atoms with E-state index >= 15 is 0 Å². The number of nitrogens with two attached hydrogens (primary N) is 1. The van der Waals surface area contributed by atoms with Crippen LogP contribution in [0.2, 0.25) is 0 Å². The Bertz CT molecular complexity index is 954. The summed E-state index contributed by atoms with van der Waals surface area (Å²) in [5.41, 5.74) is 2.51. The molecule has 0 aliphatic rings. The lowest BCUT2D eigenvalue weighted by Gasteiger charge is -2.10. The minimum Gasteiger partial charge on any atom is -0.289 e. The molecule has 0 atom stereocenters. The molecular weight excluding hydrogens is 390 g/mol. The van der Waals surface area contributed by atoms with Crippen LogP contribution in [0.15, 0.2) is 58.5 Å². The number of benzene rings is 2. The first kappa shape index (κ1) is 20.5. The average Bonchev–Trinajstić information content (AvgIpc) is 2.58. The van der Waals surface area contributed by atoms with Gasteiger partial charge in [0.05, 0.1) is 22.7 Å². The van der Waals surface area contributed by atoms with E-state index in [0.29, 0.717) is 0 Å². The molecule has 2 aromatic carbocycles. The van der Waals surface area contributed by atoms with Crippen LogP contribution in [-0.4, -0.2) is 26.1 Å². The minimum absolute atomic E-state index is 0.114. The molecule has 2 aromatic rings. The van der Waals surface area contributed by atoms with E-state index in [1.165, 1.54) is 36.4 Å². The second-order valence-electron chi connectivity index (χ2n) is 5.34. The quantitative estimate of drug-likeness (QED) is 0.440. The van der Waals surface area contributed by atoms with Gasteiger partial charge in [0.2, 0.25) is 15.8 Å². The van der Waals surface area contributed by atoms with Crippen molar-refractivity contribution >= 4 is 27.2 Å². The van der Waals surface area contributed by atoms with E-state index in [1.54, 1.807) is 0 Å². The number of Topliss-reactive ketones (excluding diaryl/α,β-unsaturated/α-hetero) is 1. The molecule has 2 rings (SSSR count). The lowest BCUT2D eigenvalue weighted by molar-refractivity contribution is -0.169. The van der Waals surface area contributed by atoms with Crippen LogP contribution in [0.25, 0.3) is 0 Å². The summed E-state index contributed by atoms with van der Waals surface area (Å²) in [6, 6.07) is 9.33. The summed E-state index contributed by atoms with van der Waals surface area (Å²) in [7, 11) is -3.90. The molecule has 0 spiro atoms. The Morgan fingerprint density at radius 1 is 1.04 bits per heavy atom. The smallest absolute Gasteiger partial charge is 0.289 e. The Hall–Kier alpha value is -2.79. The third kappa shape index (κ3) is 5.86. The van der Waals surface area contributed by atoms with Gasteiger partial charge in [0.25, 0.3) is 0 Å². The molecule has 0 amide bonds. The van der Waals surface area contributed by atoms with Crippen molar-refractivity contribution in [2.75, 3.05) is 5.43 Å². The maximum absolute atomic E-state index is 13.0. The molecule has 0 fully saturated rings. The molecule has 11 heteroatoms. The second kappa shape index (κ2) is 7.84. The molecule has 0 radical (unpaired) electrons. The highest BCUT2D eigenvalue weighted by Crippen LogP contribution is 2.20. The van der Waals surface area contributed by atoms with Crippen LogP contribution in [0.5, 0.6) is 0 Å². The van der Waals surface area contributed by atoms with Gasteiger partial charge in [-0.05, 0) is 42.0 Å². The fraction of sp³-hybridized carbons (Fsp3) is 0.125. The minimum atomic E-state index is -5.04. The summed E-state index contributed by atoms with van der Waals surface area (Å²) in [6.45, 7) is 0. The van der Waals surface area contributed by atoms with Gasteiger partial charge in [0, 0.05) is 0 Å². The zero-order valence-electron chi connectivity index (χ0n) is 13.5. The third-order valence-electron chi connectivity index (χ3n) is 3.32. The van der Waals surface area contributed by atoms with E-state index < -0.39 is 34.2 Å². The van der Waals surface area contributed by atoms with E-state index in [9.17, 15) is 30.8 Å². The van der Waals surface area contributed by atoms with Crippen molar-refractivity contribution in [3.8, 4) is 0 Å². The van der Waals surface area contributed by atoms with Crippen molar-refractivity contribution in [3.05, 3.63) is 59.9 Å². The topological polar surface area (TPSA) is 102 Å². The number of primary sulfonamides is 1. The summed E-state index contributed by atoms with van der Waals surface area (Å²) in [6.07, 6.45) is -6.10. The van der Waals surface area contributed by atoms with Crippen LogP contribution in [0.3, 0.4) is 0 Å². The molecule has 6 nitrogen and oxygen atoms in total. The Labute approximate surface area is 151 Å². The molecule has 0 aliphatic carbocycles. The normalized spacial score (nSPS) is 12.7. The van der Waals surface area contributed by atoms with Gasteiger partial charge in [-0.15, -0.1) is 0 Å². The van der Waals surface area contributed by atoms with E-state index in [2.05, 4.69) is 10.5 Å². The maximum Gasteiger partial charge on any atom is 0.450 e. The first-order chi connectivity index (χ1) is 12.5. The Morgan fingerprint density at radius 3 is 2.07 bits per heavy atom. The number of carbonyl (C=O) groups excluding carboxylic acids is 1. The van der Waals surface area contributed by atoms with Crippen molar-refractivity contribution in [2.45, 2.75) is 17.5 Å². The molecule has 0 saturated carbocycles. The maximum atomic E-state index is 13.0. The number of ketones is 1. The summed E-state index contributed by atoms with van der Waals surface area (Å²) in [5, 5.41) is 8.74. The number of hydrazone groups is 1. The molecule has 0 saturated heterocycles.